The van der Waals surface area contributed by atoms with Gasteiger partial charge in [0.15, 0.2) is 0 Å². The first-order chi connectivity index (χ1) is 9.42. The first-order valence-electron chi connectivity index (χ1n) is 6.54. The summed E-state index contributed by atoms with van der Waals surface area (Å²) in [5, 5.41) is 3.26. The normalized spacial score (nSPS) is 17.5. The van der Waals surface area contributed by atoms with E-state index in [2.05, 4.69) is 10.0 Å². The number of ether oxygens (including phenoxy) is 1. The lowest BCUT2D eigenvalue weighted by molar-refractivity contribution is -0.0601. The largest absolute Gasteiger partial charge is 0.398 e. The summed E-state index contributed by atoms with van der Waals surface area (Å²) in [6, 6.07) is 4.85. The highest BCUT2D eigenvalue weighted by atomic mass is 32.2. The van der Waals surface area contributed by atoms with E-state index in [9.17, 15) is 8.42 Å². The summed E-state index contributed by atoms with van der Waals surface area (Å²) in [6.07, 6.45) is 3.26. The van der Waals surface area contributed by atoms with Crippen molar-refractivity contribution in [2.75, 3.05) is 31.8 Å². The first kappa shape index (κ1) is 15.1. The third-order valence-electron chi connectivity index (χ3n) is 3.88. The number of sulfonamides is 1. The topological polar surface area (TPSA) is 93.5 Å². The number of hydrogen-bond donors (Lipinski definition) is 3. The van der Waals surface area contributed by atoms with Gasteiger partial charge in [-0.15, -0.1) is 0 Å². The molecule has 0 atom stereocenters. The molecule has 0 bridgehead atoms. The second-order valence-electron chi connectivity index (χ2n) is 5.05. The van der Waals surface area contributed by atoms with Crippen molar-refractivity contribution in [3.8, 4) is 0 Å². The molecule has 0 saturated heterocycles. The molecule has 112 valence electrons. The molecule has 7 heteroatoms. The van der Waals surface area contributed by atoms with Crippen LogP contribution in [0.15, 0.2) is 23.1 Å². The molecule has 1 aliphatic rings. The Morgan fingerprint density at radius 1 is 1.40 bits per heavy atom. The molecule has 4 N–H and O–H groups in total. The van der Waals surface area contributed by atoms with Crippen LogP contribution in [0.2, 0.25) is 0 Å². The monoisotopic (exact) mass is 299 g/mol. The van der Waals surface area contributed by atoms with Crippen LogP contribution in [0.3, 0.4) is 0 Å². The number of nitrogens with two attached hydrogens (primary N) is 1. The number of anilines is 2. The third-order valence-corrected chi connectivity index (χ3v) is 5.37. The molecule has 1 aliphatic carbocycles. The van der Waals surface area contributed by atoms with Crippen molar-refractivity contribution >= 4 is 21.4 Å². The summed E-state index contributed by atoms with van der Waals surface area (Å²) in [5.74, 6) is 0. The second-order valence-corrected chi connectivity index (χ2v) is 6.91. The average molecular weight is 299 g/mol. The van der Waals surface area contributed by atoms with Crippen molar-refractivity contribution in [3.63, 3.8) is 0 Å². The van der Waals surface area contributed by atoms with Gasteiger partial charge in [-0.2, -0.15) is 0 Å². The van der Waals surface area contributed by atoms with Gasteiger partial charge in [0, 0.05) is 19.3 Å². The Labute approximate surface area is 119 Å². The number of nitrogens with one attached hydrogen (secondary N) is 2. The predicted molar refractivity (Wildman–Crippen MR) is 79.2 cm³/mol. The lowest BCUT2D eigenvalue weighted by Crippen LogP contribution is -2.45. The van der Waals surface area contributed by atoms with E-state index in [0.717, 1.165) is 18.5 Å². The Balaban J connectivity index is 2.10. The SMILES string of the molecule is CNS(=O)(=O)c1ccc(NCC2(OC)CCC2)cc1N. The highest BCUT2D eigenvalue weighted by Gasteiger charge is 2.36. The van der Waals surface area contributed by atoms with Crippen LogP contribution in [-0.4, -0.2) is 34.7 Å². The number of hydrogen-bond acceptors (Lipinski definition) is 5. The Kier molecular flexibility index (Phi) is 4.22. The maximum Gasteiger partial charge on any atom is 0.242 e. The van der Waals surface area contributed by atoms with E-state index in [1.165, 1.54) is 19.5 Å². The molecule has 1 saturated carbocycles. The average Bonchev–Trinajstić information content (AvgIpc) is 2.38. The van der Waals surface area contributed by atoms with E-state index in [0.29, 0.717) is 6.54 Å². The minimum absolute atomic E-state index is 0.0928. The summed E-state index contributed by atoms with van der Waals surface area (Å²) in [5.41, 5.74) is 6.74. The van der Waals surface area contributed by atoms with Gasteiger partial charge in [0.2, 0.25) is 10.0 Å². The zero-order valence-electron chi connectivity index (χ0n) is 11.8. The van der Waals surface area contributed by atoms with Crippen LogP contribution in [-0.2, 0) is 14.8 Å². The molecule has 0 spiro atoms. The van der Waals surface area contributed by atoms with Crippen molar-refractivity contribution in [2.45, 2.75) is 29.8 Å². The smallest absolute Gasteiger partial charge is 0.242 e. The quantitative estimate of drug-likeness (QED) is 0.685. The minimum atomic E-state index is -3.51. The summed E-state index contributed by atoms with van der Waals surface area (Å²) < 4.78 is 31.2. The van der Waals surface area contributed by atoms with Gasteiger partial charge < -0.3 is 15.8 Å². The van der Waals surface area contributed by atoms with Crippen LogP contribution in [0.4, 0.5) is 11.4 Å². The van der Waals surface area contributed by atoms with Crippen LogP contribution in [0.25, 0.3) is 0 Å². The van der Waals surface area contributed by atoms with Crippen molar-refractivity contribution in [3.05, 3.63) is 18.2 Å². The van der Waals surface area contributed by atoms with Crippen molar-refractivity contribution in [1.82, 2.24) is 4.72 Å². The van der Waals surface area contributed by atoms with Gasteiger partial charge in [0.25, 0.3) is 0 Å². The Hall–Kier alpha value is -1.31. The summed E-state index contributed by atoms with van der Waals surface area (Å²) >= 11 is 0. The second kappa shape index (κ2) is 5.59. The zero-order valence-corrected chi connectivity index (χ0v) is 12.6. The molecule has 1 fully saturated rings. The summed E-state index contributed by atoms with van der Waals surface area (Å²) in [6.45, 7) is 0.696. The molecule has 6 nitrogen and oxygen atoms in total. The van der Waals surface area contributed by atoms with Crippen molar-refractivity contribution in [2.24, 2.45) is 0 Å². The van der Waals surface area contributed by atoms with E-state index < -0.39 is 10.0 Å². The Bertz CT molecular complexity index is 577. The van der Waals surface area contributed by atoms with Gasteiger partial charge in [-0.3, -0.25) is 0 Å². The summed E-state index contributed by atoms with van der Waals surface area (Å²) in [4.78, 5) is 0.0932. The lowest BCUT2D eigenvalue weighted by Gasteiger charge is -2.40. The fraction of sp³-hybridized carbons (Fsp3) is 0.538. The third kappa shape index (κ3) is 2.89. The standard InChI is InChI=1S/C13H21N3O3S/c1-15-20(17,18)12-5-4-10(8-11(12)14)16-9-13(19-2)6-3-7-13/h4-5,8,15-16H,3,6-7,9,14H2,1-2H3. The maximum absolute atomic E-state index is 11.7. The van der Waals surface area contributed by atoms with Crippen LogP contribution in [0.1, 0.15) is 19.3 Å². The molecule has 1 aromatic rings. The number of benzene rings is 1. The van der Waals surface area contributed by atoms with Gasteiger partial charge in [-0.25, -0.2) is 13.1 Å². The maximum atomic E-state index is 11.7. The lowest BCUT2D eigenvalue weighted by atomic mass is 9.80. The molecule has 2 rings (SSSR count). The minimum Gasteiger partial charge on any atom is -0.398 e. The van der Waals surface area contributed by atoms with Crippen LogP contribution in [0.5, 0.6) is 0 Å². The van der Waals surface area contributed by atoms with Gasteiger partial charge in [0.1, 0.15) is 4.90 Å². The first-order valence-corrected chi connectivity index (χ1v) is 8.03. The number of rotatable bonds is 6. The van der Waals surface area contributed by atoms with E-state index in [1.54, 1.807) is 19.2 Å². The van der Waals surface area contributed by atoms with Crippen LogP contribution >= 0.6 is 0 Å². The zero-order chi connectivity index (χ0) is 14.8. The molecule has 0 radical (unpaired) electrons. The molecule has 0 aliphatic heterocycles. The predicted octanol–water partition coefficient (Wildman–Crippen LogP) is 1.16. The number of methoxy groups -OCH3 is 1. The van der Waals surface area contributed by atoms with Crippen LogP contribution in [0, 0.1) is 0 Å². The molecule has 0 amide bonds. The highest BCUT2D eigenvalue weighted by molar-refractivity contribution is 7.89. The van der Waals surface area contributed by atoms with Gasteiger partial charge in [-0.05, 0) is 44.5 Å². The molecular weight excluding hydrogens is 278 g/mol. The molecule has 0 aromatic heterocycles. The van der Waals surface area contributed by atoms with Crippen LogP contribution < -0.4 is 15.8 Å². The Morgan fingerprint density at radius 3 is 2.55 bits per heavy atom. The van der Waals surface area contributed by atoms with E-state index in [1.807, 2.05) is 0 Å². The molecule has 1 aromatic carbocycles. The fourth-order valence-electron chi connectivity index (χ4n) is 2.30. The molecular formula is C13H21N3O3S. The van der Waals surface area contributed by atoms with Crippen molar-refractivity contribution in [1.29, 1.82) is 0 Å². The fourth-order valence-corrected chi connectivity index (χ4v) is 3.14. The van der Waals surface area contributed by atoms with Gasteiger partial charge in [0.05, 0.1) is 11.3 Å². The van der Waals surface area contributed by atoms with Crippen molar-refractivity contribution < 1.29 is 13.2 Å². The van der Waals surface area contributed by atoms with Gasteiger partial charge >= 0.3 is 0 Å². The molecule has 0 unspecified atom stereocenters. The molecule has 20 heavy (non-hydrogen) atoms. The summed E-state index contributed by atoms with van der Waals surface area (Å²) in [7, 11) is -0.434. The number of nitrogen functional groups attached to an aromatic ring is 1. The van der Waals surface area contributed by atoms with E-state index in [4.69, 9.17) is 10.5 Å². The van der Waals surface area contributed by atoms with Gasteiger partial charge in [-0.1, -0.05) is 0 Å². The Morgan fingerprint density at radius 2 is 2.10 bits per heavy atom. The highest BCUT2D eigenvalue weighted by Crippen LogP contribution is 2.35. The molecule has 0 heterocycles. The van der Waals surface area contributed by atoms with E-state index >= 15 is 0 Å². The van der Waals surface area contributed by atoms with E-state index in [-0.39, 0.29) is 16.2 Å².